The molecule has 330 valence electrons. The van der Waals surface area contributed by atoms with Gasteiger partial charge in [-0.1, -0.05) is 24.6 Å². The standard InChI is InChI=1S/C45H52F2N12O3S/c1-27(2)59-30(5)52-42-34(46)21-32(22-37(42)59)41-35(47)24-50-44(55-41)54-38-15-14-31(23-49-38)25-57-17-19-58(20-18-57)26-40(61)48-16-10-6-7-13-39(60)53-36-12-9-8-11-33(36)43(62)56-45-51-28(3)29(4)63-45/h8-9,11-12,14-15,21-24,27H,6-7,10,13,16-20,25-26H2,1-5H3,(H,48,61)(H,53,60)(H,51,56,62)(H,49,50,54,55). The van der Waals surface area contributed by atoms with E-state index < -0.39 is 11.6 Å². The predicted octanol–water partition coefficient (Wildman–Crippen LogP) is 7.56. The van der Waals surface area contributed by atoms with E-state index in [0.717, 1.165) is 61.4 Å². The largest absolute Gasteiger partial charge is 0.355 e. The number of amides is 3. The molecule has 4 aromatic heterocycles. The first kappa shape index (κ1) is 44.8. The number of hydrogen-bond acceptors (Lipinski definition) is 12. The van der Waals surface area contributed by atoms with Crippen molar-refractivity contribution in [2.24, 2.45) is 0 Å². The predicted molar refractivity (Wildman–Crippen MR) is 241 cm³/mol. The number of pyridine rings is 1. The molecular weight excluding hydrogens is 827 g/mol. The van der Waals surface area contributed by atoms with Crippen molar-refractivity contribution in [3.63, 3.8) is 0 Å². The fraction of sp³-hybridized carbons (Fsp3) is 0.378. The molecule has 4 N–H and O–H groups in total. The van der Waals surface area contributed by atoms with Gasteiger partial charge in [-0.15, -0.1) is 11.3 Å². The first-order valence-corrected chi connectivity index (χ1v) is 21.9. The Hall–Kier alpha value is -6.24. The van der Waals surface area contributed by atoms with E-state index in [0.29, 0.717) is 66.0 Å². The number of halogens is 2. The van der Waals surface area contributed by atoms with Crippen molar-refractivity contribution in [2.45, 2.75) is 72.9 Å². The molecule has 0 aliphatic carbocycles. The van der Waals surface area contributed by atoms with Crippen molar-refractivity contribution < 1.29 is 23.2 Å². The number of nitrogens with one attached hydrogen (secondary N) is 4. The van der Waals surface area contributed by atoms with Crippen molar-refractivity contribution in [3.8, 4) is 11.3 Å². The van der Waals surface area contributed by atoms with Crippen molar-refractivity contribution in [1.29, 1.82) is 0 Å². The molecule has 2 aromatic carbocycles. The third-order valence-electron chi connectivity index (χ3n) is 10.9. The zero-order valence-corrected chi connectivity index (χ0v) is 36.9. The number of piperazine rings is 1. The van der Waals surface area contributed by atoms with Crippen LogP contribution >= 0.6 is 11.3 Å². The Morgan fingerprint density at radius 1 is 0.825 bits per heavy atom. The van der Waals surface area contributed by atoms with Gasteiger partial charge in [0.15, 0.2) is 16.8 Å². The number of anilines is 4. The maximum atomic E-state index is 15.1. The highest BCUT2D eigenvalue weighted by atomic mass is 32.1. The summed E-state index contributed by atoms with van der Waals surface area (Å²) in [5, 5.41) is 12.2. The number of para-hydroxylation sites is 1. The molecule has 1 aliphatic rings. The zero-order valence-electron chi connectivity index (χ0n) is 36.1. The van der Waals surface area contributed by atoms with Crippen LogP contribution in [0.5, 0.6) is 0 Å². The number of nitrogens with zero attached hydrogens (tertiary/aromatic N) is 8. The summed E-state index contributed by atoms with van der Waals surface area (Å²) in [5.41, 5.74) is 3.74. The highest BCUT2D eigenvalue weighted by molar-refractivity contribution is 7.15. The molecule has 6 aromatic rings. The Kier molecular flexibility index (Phi) is 14.4. The first-order chi connectivity index (χ1) is 30.3. The lowest BCUT2D eigenvalue weighted by molar-refractivity contribution is -0.122. The minimum atomic E-state index is -0.677. The van der Waals surface area contributed by atoms with Gasteiger partial charge in [0.05, 0.1) is 35.2 Å². The molecule has 18 heteroatoms. The minimum absolute atomic E-state index is 0.0226. The third-order valence-corrected chi connectivity index (χ3v) is 11.8. The van der Waals surface area contributed by atoms with Crippen molar-refractivity contribution in [3.05, 3.63) is 100 Å². The lowest BCUT2D eigenvalue weighted by Crippen LogP contribution is -2.49. The summed E-state index contributed by atoms with van der Waals surface area (Å²) in [6, 6.07) is 13.6. The van der Waals surface area contributed by atoms with E-state index in [1.165, 1.54) is 17.4 Å². The summed E-state index contributed by atoms with van der Waals surface area (Å²) >= 11 is 1.41. The van der Waals surface area contributed by atoms with Crippen LogP contribution in [0, 0.1) is 32.4 Å². The highest BCUT2D eigenvalue weighted by Gasteiger charge is 2.21. The van der Waals surface area contributed by atoms with E-state index >= 15 is 8.78 Å². The SMILES string of the molecule is Cc1nc(NC(=O)c2ccccc2NC(=O)CCCCCNC(=O)CN2CCN(Cc3ccc(Nc4ncc(F)c(-c5cc(F)c6nc(C)n(C(C)C)c6c5)n4)nc3)CC2)sc1C. The van der Waals surface area contributed by atoms with Crippen LogP contribution in [0.15, 0.2) is 60.9 Å². The highest BCUT2D eigenvalue weighted by Crippen LogP contribution is 2.31. The van der Waals surface area contributed by atoms with Crippen LogP contribution in [0.1, 0.15) is 77.9 Å². The molecule has 1 aliphatic heterocycles. The van der Waals surface area contributed by atoms with Gasteiger partial charge in [-0.25, -0.2) is 33.7 Å². The number of thiazole rings is 1. The molecule has 1 saturated heterocycles. The summed E-state index contributed by atoms with van der Waals surface area (Å²) < 4.78 is 32.1. The Labute approximate surface area is 368 Å². The molecule has 15 nitrogen and oxygen atoms in total. The fourth-order valence-corrected chi connectivity index (χ4v) is 8.33. The van der Waals surface area contributed by atoms with Gasteiger partial charge in [0.1, 0.15) is 22.9 Å². The van der Waals surface area contributed by atoms with Gasteiger partial charge >= 0.3 is 0 Å². The van der Waals surface area contributed by atoms with E-state index in [1.54, 1.807) is 36.5 Å². The van der Waals surface area contributed by atoms with Gasteiger partial charge in [-0.3, -0.25) is 29.5 Å². The maximum absolute atomic E-state index is 15.1. The quantitative estimate of drug-likeness (QED) is 0.0666. The fourth-order valence-electron chi connectivity index (χ4n) is 7.53. The molecule has 7 rings (SSSR count). The second kappa shape index (κ2) is 20.3. The molecule has 1 fully saturated rings. The van der Waals surface area contributed by atoms with Crippen molar-refractivity contribution in [2.75, 3.05) is 55.2 Å². The Morgan fingerprint density at radius 3 is 2.33 bits per heavy atom. The van der Waals surface area contributed by atoms with Crippen molar-refractivity contribution >= 4 is 62.7 Å². The average molecular weight is 879 g/mol. The van der Waals surface area contributed by atoms with Gasteiger partial charge in [0.2, 0.25) is 17.8 Å². The van der Waals surface area contributed by atoms with Crippen LogP contribution in [0.4, 0.5) is 31.4 Å². The Balaban J connectivity index is 0.789. The molecule has 0 saturated carbocycles. The normalized spacial score (nSPS) is 13.4. The molecule has 63 heavy (non-hydrogen) atoms. The van der Waals surface area contributed by atoms with Crippen LogP contribution in [-0.4, -0.2) is 96.3 Å². The van der Waals surface area contributed by atoms with E-state index in [-0.39, 0.29) is 46.5 Å². The van der Waals surface area contributed by atoms with Gasteiger partial charge in [-0.2, -0.15) is 0 Å². The molecule has 3 amide bonds. The number of fused-ring (bicyclic) bond motifs is 1. The number of aryl methyl sites for hydroxylation is 3. The van der Waals surface area contributed by atoms with E-state index in [9.17, 15) is 14.4 Å². The van der Waals surface area contributed by atoms with Gasteiger partial charge in [0.25, 0.3) is 5.91 Å². The lowest BCUT2D eigenvalue weighted by atomic mass is 10.1. The van der Waals surface area contributed by atoms with E-state index in [2.05, 4.69) is 56.0 Å². The molecule has 5 heterocycles. The Morgan fingerprint density at radius 2 is 1.60 bits per heavy atom. The number of aromatic nitrogens is 6. The third kappa shape index (κ3) is 11.4. The van der Waals surface area contributed by atoms with Crippen LogP contribution in [0.2, 0.25) is 0 Å². The second-order valence-corrected chi connectivity index (χ2v) is 17.1. The van der Waals surface area contributed by atoms with Gasteiger partial charge < -0.3 is 20.5 Å². The molecule has 0 atom stereocenters. The van der Waals surface area contributed by atoms with E-state index in [4.69, 9.17) is 0 Å². The number of rotatable bonds is 17. The van der Waals surface area contributed by atoms with Gasteiger partial charge in [0, 0.05) is 68.4 Å². The topological polar surface area (TPSA) is 175 Å². The summed E-state index contributed by atoms with van der Waals surface area (Å²) in [4.78, 5) is 65.5. The maximum Gasteiger partial charge on any atom is 0.259 e. The summed E-state index contributed by atoms with van der Waals surface area (Å²) in [7, 11) is 0. The van der Waals surface area contributed by atoms with Crippen LogP contribution in [-0.2, 0) is 16.1 Å². The Bertz CT molecular complexity index is 2570. The van der Waals surface area contributed by atoms with Crippen LogP contribution in [0.25, 0.3) is 22.3 Å². The van der Waals surface area contributed by atoms with Crippen molar-refractivity contribution in [1.82, 2.24) is 44.6 Å². The lowest BCUT2D eigenvalue weighted by Gasteiger charge is -2.34. The molecule has 0 spiro atoms. The number of hydrogen-bond donors (Lipinski definition) is 4. The van der Waals surface area contributed by atoms with Gasteiger partial charge in [-0.05, 0) is 83.4 Å². The summed E-state index contributed by atoms with van der Waals surface area (Å²) in [6.45, 7) is 14.3. The summed E-state index contributed by atoms with van der Waals surface area (Å²) in [5.74, 6) is -0.483. The zero-order chi connectivity index (χ0) is 44.6. The number of benzene rings is 2. The molecule has 0 radical (unpaired) electrons. The average Bonchev–Trinajstić information content (AvgIpc) is 3.77. The first-order valence-electron chi connectivity index (χ1n) is 21.1. The minimum Gasteiger partial charge on any atom is -0.355 e. The van der Waals surface area contributed by atoms with E-state index in [1.807, 2.05) is 51.3 Å². The number of carbonyl (C=O) groups is 3. The number of carbonyl (C=O) groups excluding carboxylic acids is 3. The molecule has 0 unspecified atom stereocenters. The number of imidazole rings is 1. The second-order valence-electron chi connectivity index (χ2n) is 15.9. The molecular formula is C45H52F2N12O3S. The monoisotopic (exact) mass is 878 g/mol. The number of unbranched alkanes of at least 4 members (excludes halogenated alkanes) is 2. The smallest absolute Gasteiger partial charge is 0.259 e. The molecule has 0 bridgehead atoms. The van der Waals surface area contributed by atoms with Crippen LogP contribution < -0.4 is 21.3 Å². The summed E-state index contributed by atoms with van der Waals surface area (Å²) in [6.07, 6.45) is 5.31. The van der Waals surface area contributed by atoms with Crippen LogP contribution in [0.3, 0.4) is 0 Å².